The number of aromatic nitrogens is 2. The summed E-state index contributed by atoms with van der Waals surface area (Å²) in [6.45, 7) is 8.19. The number of nitrogens with zero attached hydrogens (tertiary/aromatic N) is 2. The average molecular weight is 307 g/mol. The summed E-state index contributed by atoms with van der Waals surface area (Å²) in [5.41, 5.74) is 3.55. The van der Waals surface area contributed by atoms with Crippen LogP contribution < -0.4 is 0 Å². The van der Waals surface area contributed by atoms with Crippen LogP contribution in [0, 0.1) is 12.8 Å². The van der Waals surface area contributed by atoms with Gasteiger partial charge in [-0.25, -0.2) is 4.98 Å². The topological polar surface area (TPSA) is 27.1 Å². The van der Waals surface area contributed by atoms with E-state index in [1.54, 1.807) is 0 Å². The Morgan fingerprint density at radius 3 is 2.67 bits per heavy atom. The fraction of sp³-hybridized carbons (Fsp3) is 0.588. The maximum atomic E-state index is 6.41. The zero-order chi connectivity index (χ0) is 15.0. The molecule has 0 spiro atoms. The Balaban J connectivity index is 2.12. The molecule has 1 fully saturated rings. The molecule has 1 saturated heterocycles. The minimum absolute atomic E-state index is 0.0842. The molecule has 0 saturated carbocycles. The number of para-hydroxylation sites is 1. The minimum Gasteiger partial charge on any atom is -0.381 e. The van der Waals surface area contributed by atoms with Gasteiger partial charge in [-0.1, -0.05) is 12.1 Å². The van der Waals surface area contributed by atoms with Crippen LogP contribution in [0.5, 0.6) is 0 Å². The largest absolute Gasteiger partial charge is 0.381 e. The highest BCUT2D eigenvalue weighted by Crippen LogP contribution is 2.35. The summed E-state index contributed by atoms with van der Waals surface area (Å²) in [4.78, 5) is 4.79. The summed E-state index contributed by atoms with van der Waals surface area (Å²) in [5, 5.41) is -0.0842. The lowest BCUT2D eigenvalue weighted by atomic mass is 9.92. The van der Waals surface area contributed by atoms with Gasteiger partial charge in [-0.05, 0) is 51.2 Å². The molecule has 0 bridgehead atoms. The molecule has 2 heterocycles. The molecule has 4 heteroatoms. The van der Waals surface area contributed by atoms with Crippen LogP contribution in [0.4, 0.5) is 0 Å². The zero-order valence-corrected chi connectivity index (χ0v) is 13.7. The van der Waals surface area contributed by atoms with Gasteiger partial charge in [-0.2, -0.15) is 0 Å². The van der Waals surface area contributed by atoms with Gasteiger partial charge in [-0.15, -0.1) is 11.6 Å². The molecule has 1 aromatic heterocycles. The molecule has 21 heavy (non-hydrogen) atoms. The Kier molecular flexibility index (Phi) is 4.23. The van der Waals surface area contributed by atoms with Crippen LogP contribution in [0.2, 0.25) is 0 Å². The minimum atomic E-state index is -0.0842. The fourth-order valence-electron chi connectivity index (χ4n) is 3.44. The van der Waals surface area contributed by atoms with E-state index >= 15 is 0 Å². The SMILES string of the molecule is Cc1cccc2nc(C(C)Cl)n(C(C)C3CCOCC3)c12. The second-order valence-electron chi connectivity index (χ2n) is 6.09. The van der Waals surface area contributed by atoms with E-state index < -0.39 is 0 Å². The van der Waals surface area contributed by atoms with E-state index in [2.05, 4.69) is 36.6 Å². The van der Waals surface area contributed by atoms with E-state index in [0.29, 0.717) is 12.0 Å². The van der Waals surface area contributed by atoms with Gasteiger partial charge in [0.1, 0.15) is 5.82 Å². The van der Waals surface area contributed by atoms with E-state index in [1.807, 2.05) is 6.92 Å². The van der Waals surface area contributed by atoms with E-state index in [0.717, 1.165) is 37.4 Å². The molecule has 3 rings (SSSR count). The number of rotatable bonds is 3. The van der Waals surface area contributed by atoms with Gasteiger partial charge in [0.25, 0.3) is 0 Å². The molecule has 3 nitrogen and oxygen atoms in total. The standard InChI is InChI=1S/C17H23ClN2O/c1-11-5-4-6-15-16(11)20(17(19-15)12(2)18)13(3)14-7-9-21-10-8-14/h4-6,12-14H,7-10H2,1-3H3. The van der Waals surface area contributed by atoms with Crippen LogP contribution in [0.25, 0.3) is 11.0 Å². The van der Waals surface area contributed by atoms with Crippen LogP contribution in [0.15, 0.2) is 18.2 Å². The second-order valence-corrected chi connectivity index (χ2v) is 6.74. The van der Waals surface area contributed by atoms with Crippen LogP contribution in [-0.2, 0) is 4.74 Å². The Bertz CT molecular complexity index is 629. The smallest absolute Gasteiger partial charge is 0.127 e. The van der Waals surface area contributed by atoms with Gasteiger partial charge >= 0.3 is 0 Å². The molecule has 0 N–H and O–H groups in total. The summed E-state index contributed by atoms with van der Waals surface area (Å²) in [5.74, 6) is 1.62. The van der Waals surface area contributed by atoms with Crippen molar-refractivity contribution in [3.05, 3.63) is 29.6 Å². The third-order valence-electron chi connectivity index (χ3n) is 4.65. The Morgan fingerprint density at radius 2 is 2.00 bits per heavy atom. The molecular weight excluding hydrogens is 284 g/mol. The third kappa shape index (κ3) is 2.69. The molecular formula is C17H23ClN2O. The van der Waals surface area contributed by atoms with Gasteiger partial charge < -0.3 is 9.30 Å². The summed E-state index contributed by atoms with van der Waals surface area (Å²) >= 11 is 6.41. The lowest BCUT2D eigenvalue weighted by molar-refractivity contribution is 0.0515. The van der Waals surface area contributed by atoms with Gasteiger partial charge in [0.15, 0.2) is 0 Å². The summed E-state index contributed by atoms with van der Waals surface area (Å²) in [7, 11) is 0. The number of hydrogen-bond donors (Lipinski definition) is 0. The van der Waals surface area contributed by atoms with E-state index in [1.165, 1.54) is 11.1 Å². The highest BCUT2D eigenvalue weighted by molar-refractivity contribution is 6.20. The first kappa shape index (κ1) is 14.9. The predicted molar refractivity (Wildman–Crippen MR) is 87.0 cm³/mol. The number of benzene rings is 1. The van der Waals surface area contributed by atoms with Crippen LogP contribution in [0.1, 0.15) is 49.5 Å². The molecule has 1 aliphatic rings. The number of hydrogen-bond acceptors (Lipinski definition) is 2. The Morgan fingerprint density at radius 1 is 1.29 bits per heavy atom. The van der Waals surface area contributed by atoms with Gasteiger partial charge in [0.05, 0.1) is 16.4 Å². The van der Waals surface area contributed by atoms with Crippen molar-refractivity contribution in [2.45, 2.75) is 45.0 Å². The lowest BCUT2D eigenvalue weighted by Gasteiger charge is -2.30. The predicted octanol–water partition coefficient (Wildman–Crippen LogP) is 4.63. The normalized spacial score (nSPS) is 19.8. The van der Waals surface area contributed by atoms with Crippen molar-refractivity contribution in [3.8, 4) is 0 Å². The molecule has 2 unspecified atom stereocenters. The van der Waals surface area contributed by atoms with Gasteiger partial charge in [-0.3, -0.25) is 0 Å². The first-order valence-corrected chi connectivity index (χ1v) is 8.22. The molecule has 0 aliphatic carbocycles. The quantitative estimate of drug-likeness (QED) is 0.773. The number of imidazole rings is 1. The summed E-state index contributed by atoms with van der Waals surface area (Å²) < 4.78 is 7.88. The van der Waals surface area contributed by atoms with Crippen molar-refractivity contribution >= 4 is 22.6 Å². The van der Waals surface area contributed by atoms with E-state index in [4.69, 9.17) is 21.3 Å². The number of aryl methyl sites for hydroxylation is 1. The van der Waals surface area contributed by atoms with Gasteiger partial charge in [0, 0.05) is 19.3 Å². The molecule has 1 aliphatic heterocycles. The number of fused-ring (bicyclic) bond motifs is 1. The first-order chi connectivity index (χ1) is 10.1. The monoisotopic (exact) mass is 306 g/mol. The van der Waals surface area contributed by atoms with Crippen molar-refractivity contribution in [3.63, 3.8) is 0 Å². The molecule has 1 aromatic carbocycles. The van der Waals surface area contributed by atoms with E-state index in [9.17, 15) is 0 Å². The maximum Gasteiger partial charge on any atom is 0.127 e. The van der Waals surface area contributed by atoms with Crippen LogP contribution in [-0.4, -0.2) is 22.8 Å². The van der Waals surface area contributed by atoms with Crippen molar-refractivity contribution in [1.82, 2.24) is 9.55 Å². The van der Waals surface area contributed by atoms with Crippen LogP contribution in [0.3, 0.4) is 0 Å². The molecule has 114 valence electrons. The Hall–Kier alpha value is -1.06. The Labute approximate surface area is 131 Å². The van der Waals surface area contributed by atoms with Crippen LogP contribution >= 0.6 is 11.6 Å². The van der Waals surface area contributed by atoms with E-state index in [-0.39, 0.29) is 5.38 Å². The molecule has 2 atom stereocenters. The number of halogens is 1. The number of ether oxygens (including phenoxy) is 1. The number of alkyl halides is 1. The summed E-state index contributed by atoms with van der Waals surface area (Å²) in [6, 6.07) is 6.70. The highest BCUT2D eigenvalue weighted by Gasteiger charge is 2.27. The maximum absolute atomic E-state index is 6.41. The van der Waals surface area contributed by atoms with Crippen molar-refractivity contribution in [2.75, 3.05) is 13.2 Å². The highest BCUT2D eigenvalue weighted by atomic mass is 35.5. The van der Waals surface area contributed by atoms with Gasteiger partial charge in [0.2, 0.25) is 0 Å². The lowest BCUT2D eigenvalue weighted by Crippen LogP contribution is -2.25. The molecule has 2 aromatic rings. The fourth-order valence-corrected chi connectivity index (χ4v) is 3.59. The van der Waals surface area contributed by atoms with Crippen molar-refractivity contribution < 1.29 is 4.74 Å². The van der Waals surface area contributed by atoms with Crippen molar-refractivity contribution in [2.24, 2.45) is 5.92 Å². The first-order valence-electron chi connectivity index (χ1n) is 7.79. The third-order valence-corrected chi connectivity index (χ3v) is 4.85. The second kappa shape index (κ2) is 5.98. The zero-order valence-electron chi connectivity index (χ0n) is 13.0. The average Bonchev–Trinajstić information content (AvgIpc) is 2.88. The summed E-state index contributed by atoms with van der Waals surface area (Å²) in [6.07, 6.45) is 2.23. The van der Waals surface area contributed by atoms with Crippen molar-refractivity contribution in [1.29, 1.82) is 0 Å². The molecule has 0 amide bonds. The molecule has 0 radical (unpaired) electrons.